The van der Waals surface area contributed by atoms with E-state index in [4.69, 9.17) is 14.7 Å². The largest absolute Gasteiger partial charge is 0.497 e. The third kappa shape index (κ3) is 3.97. The molecule has 17 heavy (non-hydrogen) atoms. The lowest BCUT2D eigenvalue weighted by molar-refractivity contribution is 0.271. The smallest absolute Gasteiger partial charge is 0.122 e. The molecule has 0 radical (unpaired) electrons. The molecule has 0 aliphatic heterocycles. The SMILES string of the molecule is CNC(C)(C#N)CCOc1cccc(OC)c1. The molecule has 0 spiro atoms. The van der Waals surface area contributed by atoms with Crippen molar-refractivity contribution in [1.29, 1.82) is 5.26 Å². The van der Waals surface area contributed by atoms with Crippen LogP contribution in [0, 0.1) is 11.3 Å². The Morgan fingerprint density at radius 3 is 2.71 bits per heavy atom. The molecule has 0 heterocycles. The van der Waals surface area contributed by atoms with E-state index < -0.39 is 5.54 Å². The Morgan fingerprint density at radius 2 is 2.12 bits per heavy atom. The lowest BCUT2D eigenvalue weighted by atomic mass is 10.0. The van der Waals surface area contributed by atoms with E-state index in [9.17, 15) is 0 Å². The molecule has 1 N–H and O–H groups in total. The van der Waals surface area contributed by atoms with Crippen molar-refractivity contribution in [2.45, 2.75) is 18.9 Å². The highest BCUT2D eigenvalue weighted by Crippen LogP contribution is 2.19. The second-order valence-corrected chi connectivity index (χ2v) is 3.97. The summed E-state index contributed by atoms with van der Waals surface area (Å²) in [5, 5.41) is 11.9. The first-order chi connectivity index (χ1) is 8.13. The minimum Gasteiger partial charge on any atom is -0.497 e. The molecule has 1 rings (SSSR count). The third-order valence-electron chi connectivity index (χ3n) is 2.71. The molecular formula is C13H18N2O2. The number of nitrogens with zero attached hydrogens (tertiary/aromatic N) is 1. The summed E-state index contributed by atoms with van der Waals surface area (Å²) in [5.74, 6) is 1.51. The first kappa shape index (κ1) is 13.3. The maximum Gasteiger partial charge on any atom is 0.122 e. The Bertz CT molecular complexity index is 401. The Labute approximate surface area is 102 Å². The highest BCUT2D eigenvalue weighted by Gasteiger charge is 2.20. The first-order valence-corrected chi connectivity index (χ1v) is 5.50. The fourth-order valence-electron chi connectivity index (χ4n) is 1.30. The summed E-state index contributed by atoms with van der Waals surface area (Å²) >= 11 is 0. The molecule has 0 saturated carbocycles. The zero-order valence-corrected chi connectivity index (χ0v) is 10.5. The number of ether oxygens (including phenoxy) is 2. The molecule has 0 aromatic heterocycles. The summed E-state index contributed by atoms with van der Waals surface area (Å²) in [5.41, 5.74) is -0.543. The Kier molecular flexibility index (Phi) is 4.80. The van der Waals surface area contributed by atoms with Gasteiger partial charge in [0.25, 0.3) is 0 Å². The summed E-state index contributed by atoms with van der Waals surface area (Å²) in [7, 11) is 3.39. The summed E-state index contributed by atoms with van der Waals surface area (Å²) in [6.07, 6.45) is 0.622. The van der Waals surface area contributed by atoms with Gasteiger partial charge in [-0.15, -0.1) is 0 Å². The van der Waals surface area contributed by atoms with Gasteiger partial charge < -0.3 is 14.8 Å². The number of benzene rings is 1. The normalized spacial score (nSPS) is 13.5. The van der Waals surface area contributed by atoms with Gasteiger partial charge in [0.2, 0.25) is 0 Å². The standard InChI is InChI=1S/C13H18N2O2/c1-13(10-14,15-2)7-8-17-12-6-4-5-11(9-12)16-3/h4-6,9,15H,7-8H2,1-3H3. The van der Waals surface area contributed by atoms with Gasteiger partial charge in [0.05, 0.1) is 19.8 Å². The molecule has 4 nitrogen and oxygen atoms in total. The second-order valence-electron chi connectivity index (χ2n) is 3.97. The quantitative estimate of drug-likeness (QED) is 0.817. The topological polar surface area (TPSA) is 54.3 Å². The van der Waals surface area contributed by atoms with Gasteiger partial charge in [-0.2, -0.15) is 5.26 Å². The number of rotatable bonds is 6. The predicted octanol–water partition coefficient (Wildman–Crippen LogP) is 1.97. The minimum absolute atomic E-state index is 0.484. The highest BCUT2D eigenvalue weighted by atomic mass is 16.5. The second kappa shape index (κ2) is 6.12. The van der Waals surface area contributed by atoms with Crippen molar-refractivity contribution in [3.8, 4) is 17.6 Å². The molecule has 1 aromatic rings. The fraction of sp³-hybridized carbons (Fsp3) is 0.462. The van der Waals surface area contributed by atoms with Crippen LogP contribution < -0.4 is 14.8 Å². The van der Waals surface area contributed by atoms with Crippen LogP contribution in [0.2, 0.25) is 0 Å². The average molecular weight is 234 g/mol. The summed E-state index contributed by atoms with van der Waals surface area (Å²) < 4.78 is 10.7. The van der Waals surface area contributed by atoms with E-state index in [1.54, 1.807) is 14.2 Å². The van der Waals surface area contributed by atoms with Crippen LogP contribution in [0.1, 0.15) is 13.3 Å². The van der Waals surface area contributed by atoms with Crippen LogP contribution in [0.3, 0.4) is 0 Å². The predicted molar refractivity (Wildman–Crippen MR) is 66.2 cm³/mol. The first-order valence-electron chi connectivity index (χ1n) is 5.50. The van der Waals surface area contributed by atoms with Gasteiger partial charge in [-0.05, 0) is 26.1 Å². The molecule has 0 aliphatic carbocycles. The van der Waals surface area contributed by atoms with E-state index in [-0.39, 0.29) is 0 Å². The van der Waals surface area contributed by atoms with E-state index in [0.717, 1.165) is 11.5 Å². The number of hydrogen-bond donors (Lipinski definition) is 1. The molecule has 4 heteroatoms. The highest BCUT2D eigenvalue weighted by molar-refractivity contribution is 5.32. The molecule has 0 saturated heterocycles. The minimum atomic E-state index is -0.543. The van der Waals surface area contributed by atoms with Gasteiger partial charge in [0.1, 0.15) is 17.0 Å². The molecule has 92 valence electrons. The van der Waals surface area contributed by atoms with E-state index >= 15 is 0 Å². The molecule has 1 unspecified atom stereocenters. The van der Waals surface area contributed by atoms with Crippen LogP contribution in [0.25, 0.3) is 0 Å². The maximum atomic E-state index is 8.98. The average Bonchev–Trinajstić information content (AvgIpc) is 2.39. The van der Waals surface area contributed by atoms with E-state index in [1.165, 1.54) is 0 Å². The molecule has 0 fully saturated rings. The van der Waals surface area contributed by atoms with Crippen LogP contribution >= 0.6 is 0 Å². The molecule has 0 bridgehead atoms. The van der Waals surface area contributed by atoms with Crippen molar-refractivity contribution in [3.05, 3.63) is 24.3 Å². The van der Waals surface area contributed by atoms with Crippen molar-refractivity contribution in [2.24, 2.45) is 0 Å². The molecule has 0 aliphatic rings. The fourth-order valence-corrected chi connectivity index (χ4v) is 1.30. The van der Waals surface area contributed by atoms with Gasteiger partial charge in [-0.3, -0.25) is 0 Å². The van der Waals surface area contributed by atoms with Crippen molar-refractivity contribution in [1.82, 2.24) is 5.32 Å². The third-order valence-corrected chi connectivity index (χ3v) is 2.71. The van der Waals surface area contributed by atoms with Crippen LogP contribution in [0.4, 0.5) is 0 Å². The van der Waals surface area contributed by atoms with Crippen LogP contribution in [-0.2, 0) is 0 Å². The van der Waals surface area contributed by atoms with Crippen LogP contribution in [0.15, 0.2) is 24.3 Å². The maximum absolute atomic E-state index is 8.98. The van der Waals surface area contributed by atoms with Crippen molar-refractivity contribution < 1.29 is 9.47 Å². The lowest BCUT2D eigenvalue weighted by Crippen LogP contribution is -2.39. The van der Waals surface area contributed by atoms with E-state index in [2.05, 4.69) is 11.4 Å². The number of hydrogen-bond acceptors (Lipinski definition) is 4. The number of methoxy groups -OCH3 is 1. The van der Waals surface area contributed by atoms with Gasteiger partial charge >= 0.3 is 0 Å². The van der Waals surface area contributed by atoms with Gasteiger partial charge in [-0.1, -0.05) is 6.07 Å². The van der Waals surface area contributed by atoms with E-state index in [0.29, 0.717) is 13.0 Å². The summed E-state index contributed by atoms with van der Waals surface area (Å²) in [6.45, 7) is 2.33. The lowest BCUT2D eigenvalue weighted by Gasteiger charge is -2.20. The van der Waals surface area contributed by atoms with Gasteiger partial charge in [0.15, 0.2) is 0 Å². The monoisotopic (exact) mass is 234 g/mol. The van der Waals surface area contributed by atoms with Gasteiger partial charge in [-0.25, -0.2) is 0 Å². The van der Waals surface area contributed by atoms with Crippen molar-refractivity contribution in [2.75, 3.05) is 20.8 Å². The number of nitrogens with one attached hydrogen (secondary N) is 1. The van der Waals surface area contributed by atoms with Crippen LogP contribution in [0.5, 0.6) is 11.5 Å². The Balaban J connectivity index is 2.48. The molecule has 0 amide bonds. The van der Waals surface area contributed by atoms with E-state index in [1.807, 2.05) is 31.2 Å². The Hall–Kier alpha value is -1.73. The number of nitriles is 1. The summed E-state index contributed by atoms with van der Waals surface area (Å²) in [4.78, 5) is 0. The molecular weight excluding hydrogens is 216 g/mol. The molecule has 1 atom stereocenters. The zero-order chi connectivity index (χ0) is 12.7. The molecule has 1 aromatic carbocycles. The Morgan fingerprint density at radius 1 is 1.41 bits per heavy atom. The summed E-state index contributed by atoms with van der Waals surface area (Å²) in [6, 6.07) is 9.64. The van der Waals surface area contributed by atoms with Crippen molar-refractivity contribution >= 4 is 0 Å². The van der Waals surface area contributed by atoms with Crippen molar-refractivity contribution in [3.63, 3.8) is 0 Å². The zero-order valence-electron chi connectivity index (χ0n) is 10.5. The van der Waals surface area contributed by atoms with Gasteiger partial charge in [0, 0.05) is 12.5 Å². The van der Waals surface area contributed by atoms with Crippen LogP contribution in [-0.4, -0.2) is 26.3 Å².